The topological polar surface area (TPSA) is 52.5 Å². The third-order valence-corrected chi connectivity index (χ3v) is 4.55. The molecular weight excluding hydrogens is 278 g/mol. The Labute approximate surface area is 130 Å². The molecule has 5 nitrogen and oxygen atoms in total. The van der Waals surface area contributed by atoms with Crippen molar-refractivity contribution in [3.63, 3.8) is 0 Å². The van der Waals surface area contributed by atoms with Crippen molar-refractivity contribution in [2.45, 2.75) is 40.0 Å². The molecule has 1 N–H and O–H groups in total. The molecule has 22 heavy (non-hydrogen) atoms. The van der Waals surface area contributed by atoms with Crippen LogP contribution in [0.25, 0.3) is 5.82 Å². The monoisotopic (exact) mass is 302 g/mol. The Morgan fingerprint density at radius 2 is 1.95 bits per heavy atom. The Hall–Kier alpha value is -1.88. The maximum atomic E-state index is 12.7. The van der Waals surface area contributed by atoms with Gasteiger partial charge in [0.2, 0.25) is 5.78 Å². The summed E-state index contributed by atoms with van der Waals surface area (Å²) in [5.41, 5.74) is 2.78. The maximum Gasteiger partial charge on any atom is 0.218 e. The average molecular weight is 302 g/mol. The first kappa shape index (κ1) is 15.0. The number of Topliss-reactive ketones (excluding diaryl/α,β-unsaturated/α-hetero) is 1. The van der Waals surface area contributed by atoms with Gasteiger partial charge in [-0.3, -0.25) is 9.36 Å². The Bertz CT molecular complexity index is 678. The lowest BCUT2D eigenvalue weighted by Gasteiger charge is -2.22. The summed E-state index contributed by atoms with van der Waals surface area (Å²) >= 11 is 0. The highest BCUT2D eigenvalue weighted by Crippen LogP contribution is 2.20. The molecule has 0 radical (unpaired) electrons. The van der Waals surface area contributed by atoms with E-state index < -0.39 is 0 Å². The minimum Gasteiger partial charge on any atom is -0.360 e. The molecular formula is C17H24N3O2+. The highest BCUT2D eigenvalue weighted by atomic mass is 16.5. The summed E-state index contributed by atoms with van der Waals surface area (Å²) in [4.78, 5) is 14.1. The van der Waals surface area contributed by atoms with Gasteiger partial charge in [-0.25, -0.2) is 0 Å². The number of aromatic nitrogens is 2. The molecule has 0 bridgehead atoms. The lowest BCUT2D eigenvalue weighted by Crippen LogP contribution is -3.13. The van der Waals surface area contributed by atoms with E-state index in [1.807, 2.05) is 37.5 Å². The van der Waals surface area contributed by atoms with Gasteiger partial charge < -0.3 is 9.42 Å². The molecule has 0 spiro atoms. The Balaban J connectivity index is 1.84. The van der Waals surface area contributed by atoms with Crippen LogP contribution in [0.4, 0.5) is 0 Å². The molecule has 0 saturated carbocycles. The van der Waals surface area contributed by atoms with Gasteiger partial charge in [0.15, 0.2) is 5.82 Å². The minimum atomic E-state index is 0.233. The first-order chi connectivity index (χ1) is 10.6. The van der Waals surface area contributed by atoms with E-state index in [2.05, 4.69) is 5.16 Å². The number of hydrogen-bond acceptors (Lipinski definition) is 3. The molecule has 3 rings (SSSR count). The van der Waals surface area contributed by atoms with E-state index in [-0.39, 0.29) is 5.78 Å². The number of quaternary nitrogens is 1. The molecule has 0 atom stereocenters. The van der Waals surface area contributed by atoms with E-state index in [9.17, 15) is 4.79 Å². The van der Waals surface area contributed by atoms with Crippen LogP contribution in [0.1, 0.15) is 46.8 Å². The van der Waals surface area contributed by atoms with Gasteiger partial charge in [0.1, 0.15) is 12.3 Å². The van der Waals surface area contributed by atoms with Crippen molar-refractivity contribution in [3.8, 4) is 5.82 Å². The van der Waals surface area contributed by atoms with Crippen LogP contribution in [-0.2, 0) is 0 Å². The van der Waals surface area contributed by atoms with Crippen LogP contribution in [0.2, 0.25) is 0 Å². The van der Waals surface area contributed by atoms with E-state index in [1.54, 1.807) is 0 Å². The van der Waals surface area contributed by atoms with Crippen molar-refractivity contribution in [2.24, 2.45) is 0 Å². The quantitative estimate of drug-likeness (QED) is 0.874. The number of nitrogens with one attached hydrogen (secondary N) is 1. The molecule has 3 heterocycles. The van der Waals surface area contributed by atoms with E-state index in [0.717, 1.165) is 41.6 Å². The maximum absolute atomic E-state index is 12.7. The molecule has 0 amide bonds. The van der Waals surface area contributed by atoms with E-state index in [1.165, 1.54) is 24.2 Å². The number of ketones is 1. The first-order valence-electron chi connectivity index (χ1n) is 8.05. The summed E-state index contributed by atoms with van der Waals surface area (Å²) in [5.74, 6) is 1.75. The smallest absolute Gasteiger partial charge is 0.218 e. The van der Waals surface area contributed by atoms with Gasteiger partial charge in [-0.15, -0.1) is 0 Å². The van der Waals surface area contributed by atoms with E-state index in [0.29, 0.717) is 6.54 Å². The third-order valence-electron chi connectivity index (χ3n) is 4.55. The summed E-state index contributed by atoms with van der Waals surface area (Å²) in [7, 11) is 0. The number of aryl methyl sites for hydroxylation is 2. The second-order valence-corrected chi connectivity index (χ2v) is 6.33. The zero-order valence-corrected chi connectivity index (χ0v) is 13.6. The third kappa shape index (κ3) is 2.86. The number of rotatable bonds is 4. The van der Waals surface area contributed by atoms with Crippen molar-refractivity contribution < 1.29 is 14.2 Å². The largest absolute Gasteiger partial charge is 0.360 e. The Morgan fingerprint density at radius 3 is 2.59 bits per heavy atom. The van der Waals surface area contributed by atoms with Crippen molar-refractivity contribution in [3.05, 3.63) is 34.8 Å². The number of nitrogens with zero attached hydrogens (tertiary/aromatic N) is 2. The number of likely N-dealkylation sites (tertiary alicyclic amines) is 1. The molecule has 1 saturated heterocycles. The van der Waals surface area contributed by atoms with Crippen molar-refractivity contribution in [1.82, 2.24) is 9.72 Å². The van der Waals surface area contributed by atoms with Crippen molar-refractivity contribution in [1.29, 1.82) is 0 Å². The van der Waals surface area contributed by atoms with Crippen LogP contribution in [0.15, 0.2) is 16.7 Å². The molecule has 1 fully saturated rings. The van der Waals surface area contributed by atoms with E-state index in [4.69, 9.17) is 4.52 Å². The van der Waals surface area contributed by atoms with Gasteiger partial charge in [-0.05, 0) is 46.1 Å². The molecule has 1 aliphatic heterocycles. The number of carbonyl (C=O) groups is 1. The van der Waals surface area contributed by atoms with Crippen LogP contribution < -0.4 is 4.90 Å². The highest BCUT2D eigenvalue weighted by Gasteiger charge is 2.23. The lowest BCUT2D eigenvalue weighted by atomic mass is 10.1. The van der Waals surface area contributed by atoms with Gasteiger partial charge >= 0.3 is 0 Å². The molecule has 0 aromatic carbocycles. The second-order valence-electron chi connectivity index (χ2n) is 6.33. The predicted molar refractivity (Wildman–Crippen MR) is 83.8 cm³/mol. The van der Waals surface area contributed by atoms with Gasteiger partial charge in [-0.1, -0.05) is 5.16 Å². The van der Waals surface area contributed by atoms with Gasteiger partial charge in [-0.2, -0.15) is 0 Å². The summed E-state index contributed by atoms with van der Waals surface area (Å²) in [6.45, 7) is 8.69. The van der Waals surface area contributed by atoms with Crippen LogP contribution in [-0.4, -0.2) is 35.1 Å². The average Bonchev–Trinajstić information content (AvgIpc) is 3.03. The predicted octanol–water partition coefficient (Wildman–Crippen LogP) is 1.64. The zero-order chi connectivity index (χ0) is 15.7. The molecule has 0 unspecified atom stereocenters. The van der Waals surface area contributed by atoms with Crippen LogP contribution in [0.5, 0.6) is 0 Å². The molecule has 2 aromatic heterocycles. The number of hydrogen-bond donors (Lipinski definition) is 1. The van der Waals surface area contributed by atoms with Gasteiger partial charge in [0, 0.05) is 23.0 Å². The van der Waals surface area contributed by atoms with Gasteiger partial charge in [0.05, 0.1) is 13.1 Å². The van der Waals surface area contributed by atoms with E-state index >= 15 is 0 Å². The van der Waals surface area contributed by atoms with Crippen molar-refractivity contribution >= 4 is 5.78 Å². The number of carbonyl (C=O) groups excluding carboxylic acids is 1. The Morgan fingerprint density at radius 1 is 1.23 bits per heavy atom. The number of piperidine rings is 1. The van der Waals surface area contributed by atoms with Gasteiger partial charge in [0.25, 0.3) is 0 Å². The normalized spacial score (nSPS) is 16.1. The SMILES string of the molecule is Cc1cc(-n2c(C)cc(C(=O)C[NH+]3CCCCC3)c2C)no1. The lowest BCUT2D eigenvalue weighted by molar-refractivity contribution is -0.896. The highest BCUT2D eigenvalue weighted by molar-refractivity contribution is 5.98. The molecule has 2 aromatic rings. The summed E-state index contributed by atoms with van der Waals surface area (Å²) in [6.07, 6.45) is 3.78. The first-order valence-corrected chi connectivity index (χ1v) is 8.05. The van der Waals surface area contributed by atoms with Crippen molar-refractivity contribution in [2.75, 3.05) is 19.6 Å². The minimum absolute atomic E-state index is 0.233. The fourth-order valence-corrected chi connectivity index (χ4v) is 3.41. The molecule has 118 valence electrons. The van der Waals surface area contributed by atoms with Crippen LogP contribution in [0, 0.1) is 20.8 Å². The summed E-state index contributed by atoms with van der Waals surface area (Å²) in [5, 5.41) is 4.07. The van der Waals surface area contributed by atoms with Crippen LogP contribution >= 0.6 is 0 Å². The van der Waals surface area contributed by atoms with Crippen LogP contribution in [0.3, 0.4) is 0 Å². The molecule has 5 heteroatoms. The molecule has 0 aliphatic carbocycles. The fourth-order valence-electron chi connectivity index (χ4n) is 3.41. The fraction of sp³-hybridized carbons (Fsp3) is 0.529. The standard InChI is InChI=1S/C17H23N3O2/c1-12-9-15(16(21)11-19-7-5-4-6-8-19)14(3)20(12)17-10-13(2)22-18-17/h9-10H,4-8,11H2,1-3H3/p+1. The zero-order valence-electron chi connectivity index (χ0n) is 13.6. The second kappa shape index (κ2) is 6.08. The summed E-state index contributed by atoms with van der Waals surface area (Å²) in [6, 6.07) is 3.87. The molecule has 1 aliphatic rings. The summed E-state index contributed by atoms with van der Waals surface area (Å²) < 4.78 is 7.16. The Kier molecular flexibility index (Phi) is 4.16.